The molecule has 6 nitrogen and oxygen atoms in total. The molecular formula is C19H19ClN4O2S. The number of nitrogens with zero attached hydrogens (tertiary/aromatic N) is 2. The van der Waals surface area contributed by atoms with Crippen LogP contribution in [0.4, 0.5) is 5.13 Å². The average Bonchev–Trinajstić information content (AvgIpc) is 3.08. The number of nitrogens with two attached hydrogens (primary N) is 1. The van der Waals surface area contributed by atoms with Crippen LogP contribution in [0, 0.1) is 0 Å². The van der Waals surface area contributed by atoms with Crippen molar-refractivity contribution in [3.05, 3.63) is 47.1 Å². The van der Waals surface area contributed by atoms with Gasteiger partial charge in [0, 0.05) is 12.2 Å². The Kier molecular flexibility index (Phi) is 5.13. The topological polar surface area (TPSA) is 90.1 Å². The highest BCUT2D eigenvalue weighted by Crippen LogP contribution is 2.33. The molecule has 0 unspecified atom stereocenters. The molecule has 1 saturated carbocycles. The number of ether oxygens (including phenoxy) is 1. The number of nitrogens with one attached hydrogen (secondary N) is 1. The maximum atomic E-state index is 11.5. The summed E-state index contributed by atoms with van der Waals surface area (Å²) in [5, 5.41) is 5.08. The van der Waals surface area contributed by atoms with E-state index in [4.69, 9.17) is 22.1 Å². The molecule has 4 rings (SSSR count). The van der Waals surface area contributed by atoms with Crippen LogP contribution in [-0.2, 0) is 0 Å². The third kappa shape index (κ3) is 3.99. The second-order valence-corrected chi connectivity index (χ2v) is 8.00. The van der Waals surface area contributed by atoms with Crippen LogP contribution in [-0.4, -0.2) is 28.0 Å². The van der Waals surface area contributed by atoms with Crippen LogP contribution in [0.5, 0.6) is 5.88 Å². The van der Waals surface area contributed by atoms with Gasteiger partial charge in [0.15, 0.2) is 5.13 Å². The van der Waals surface area contributed by atoms with Crippen molar-refractivity contribution in [2.45, 2.75) is 37.8 Å². The summed E-state index contributed by atoms with van der Waals surface area (Å²) in [5.74, 6) is -0.204. The first-order valence-corrected chi connectivity index (χ1v) is 10.0. The summed E-state index contributed by atoms with van der Waals surface area (Å²) in [6.07, 6.45) is 5.28. The number of amides is 1. The Morgan fingerprint density at radius 3 is 2.78 bits per heavy atom. The van der Waals surface area contributed by atoms with Crippen molar-refractivity contribution in [1.29, 1.82) is 0 Å². The number of rotatable bonds is 5. The molecule has 3 N–H and O–H groups in total. The van der Waals surface area contributed by atoms with E-state index in [2.05, 4.69) is 15.3 Å². The SMILES string of the molecule is NC(=O)c1cccnc1OC1CCC(Nc2nc3c(Cl)cccc3s2)CC1. The molecule has 0 saturated heterocycles. The summed E-state index contributed by atoms with van der Waals surface area (Å²) < 4.78 is 7.02. The summed E-state index contributed by atoms with van der Waals surface area (Å²) in [4.78, 5) is 20.3. The first-order chi connectivity index (χ1) is 13.1. The molecule has 0 spiro atoms. The Hall–Kier alpha value is -2.38. The number of pyridine rings is 1. The largest absolute Gasteiger partial charge is 0.474 e. The molecule has 0 aliphatic heterocycles. The third-order valence-corrected chi connectivity index (χ3v) is 5.94. The minimum atomic E-state index is -0.525. The van der Waals surface area contributed by atoms with Gasteiger partial charge < -0.3 is 15.8 Å². The van der Waals surface area contributed by atoms with Gasteiger partial charge >= 0.3 is 0 Å². The van der Waals surface area contributed by atoms with E-state index >= 15 is 0 Å². The minimum absolute atomic E-state index is 0.0286. The molecule has 27 heavy (non-hydrogen) atoms. The lowest BCUT2D eigenvalue weighted by Gasteiger charge is -2.29. The lowest BCUT2D eigenvalue weighted by Crippen LogP contribution is -2.31. The van der Waals surface area contributed by atoms with Crippen molar-refractivity contribution in [3.8, 4) is 5.88 Å². The lowest BCUT2D eigenvalue weighted by atomic mass is 9.93. The molecule has 0 bridgehead atoms. The van der Waals surface area contributed by atoms with Gasteiger partial charge in [0.05, 0.1) is 9.72 Å². The Bertz CT molecular complexity index is 969. The Balaban J connectivity index is 1.36. The van der Waals surface area contributed by atoms with Gasteiger partial charge in [-0.1, -0.05) is 29.0 Å². The van der Waals surface area contributed by atoms with E-state index in [1.807, 2.05) is 18.2 Å². The number of aromatic nitrogens is 2. The van der Waals surface area contributed by atoms with Crippen LogP contribution >= 0.6 is 22.9 Å². The van der Waals surface area contributed by atoms with E-state index in [-0.39, 0.29) is 6.10 Å². The van der Waals surface area contributed by atoms with E-state index in [1.54, 1.807) is 29.7 Å². The number of halogens is 1. The normalized spacial score (nSPS) is 19.7. The molecule has 1 aliphatic carbocycles. The second-order valence-electron chi connectivity index (χ2n) is 6.56. The molecule has 0 radical (unpaired) electrons. The number of carbonyl (C=O) groups is 1. The summed E-state index contributed by atoms with van der Waals surface area (Å²) in [5.41, 5.74) is 6.55. The van der Waals surface area contributed by atoms with E-state index in [1.165, 1.54) is 0 Å². The molecular weight excluding hydrogens is 384 g/mol. The van der Waals surface area contributed by atoms with Gasteiger partial charge in [-0.25, -0.2) is 9.97 Å². The maximum absolute atomic E-state index is 11.5. The highest BCUT2D eigenvalue weighted by molar-refractivity contribution is 7.22. The first-order valence-electron chi connectivity index (χ1n) is 8.83. The van der Waals surface area contributed by atoms with Crippen molar-refractivity contribution in [1.82, 2.24) is 9.97 Å². The number of primary amides is 1. The van der Waals surface area contributed by atoms with Gasteiger partial charge in [-0.3, -0.25) is 4.79 Å². The molecule has 140 valence electrons. The van der Waals surface area contributed by atoms with Crippen LogP contribution in [0.3, 0.4) is 0 Å². The van der Waals surface area contributed by atoms with Gasteiger partial charge in [0.2, 0.25) is 5.88 Å². The lowest BCUT2D eigenvalue weighted by molar-refractivity contribution is 0.0983. The minimum Gasteiger partial charge on any atom is -0.474 e. The molecule has 1 aliphatic rings. The van der Waals surface area contributed by atoms with Crippen molar-refractivity contribution in [2.24, 2.45) is 5.73 Å². The van der Waals surface area contributed by atoms with E-state index in [0.717, 1.165) is 41.0 Å². The number of thiazole rings is 1. The number of fused-ring (bicyclic) bond motifs is 1. The summed E-state index contributed by atoms with van der Waals surface area (Å²) in [6, 6.07) is 9.47. The predicted molar refractivity (Wildman–Crippen MR) is 108 cm³/mol. The van der Waals surface area contributed by atoms with Gasteiger partial charge in [0.1, 0.15) is 17.2 Å². The maximum Gasteiger partial charge on any atom is 0.254 e. The van der Waals surface area contributed by atoms with Crippen molar-refractivity contribution in [2.75, 3.05) is 5.32 Å². The fourth-order valence-electron chi connectivity index (χ4n) is 3.31. The van der Waals surface area contributed by atoms with Crippen LogP contribution in [0.1, 0.15) is 36.0 Å². The van der Waals surface area contributed by atoms with Crippen LogP contribution in [0.25, 0.3) is 10.2 Å². The van der Waals surface area contributed by atoms with Crippen molar-refractivity contribution >= 4 is 44.2 Å². The number of hydrogen-bond donors (Lipinski definition) is 2. The van der Waals surface area contributed by atoms with E-state index in [9.17, 15) is 4.79 Å². The van der Waals surface area contributed by atoms with Gasteiger partial charge in [-0.15, -0.1) is 0 Å². The second kappa shape index (κ2) is 7.70. The standard InChI is InChI=1S/C19H19ClN4O2S/c20-14-4-1-5-15-16(14)24-19(27-15)23-11-6-8-12(9-7-11)26-18-13(17(21)25)3-2-10-22-18/h1-5,10-12H,6-9H2,(H2,21,25)(H,23,24). The zero-order valence-corrected chi connectivity index (χ0v) is 16.1. The predicted octanol–water partition coefficient (Wildman–Crippen LogP) is 4.25. The quantitative estimate of drug-likeness (QED) is 0.665. The molecule has 3 aromatic rings. The number of hydrogen-bond acceptors (Lipinski definition) is 6. The summed E-state index contributed by atoms with van der Waals surface area (Å²) in [6.45, 7) is 0. The molecule has 2 aromatic heterocycles. The van der Waals surface area contributed by atoms with Crippen LogP contribution < -0.4 is 15.8 Å². The zero-order chi connectivity index (χ0) is 18.8. The molecule has 1 aromatic carbocycles. The Morgan fingerprint density at radius 1 is 1.22 bits per heavy atom. The zero-order valence-electron chi connectivity index (χ0n) is 14.5. The number of anilines is 1. The highest BCUT2D eigenvalue weighted by Gasteiger charge is 2.25. The van der Waals surface area contributed by atoms with Crippen molar-refractivity contribution < 1.29 is 9.53 Å². The van der Waals surface area contributed by atoms with E-state index in [0.29, 0.717) is 22.5 Å². The molecule has 1 fully saturated rings. The molecule has 2 heterocycles. The van der Waals surface area contributed by atoms with Crippen LogP contribution in [0.2, 0.25) is 5.02 Å². The Labute approximate surface area is 165 Å². The number of carbonyl (C=O) groups excluding carboxylic acids is 1. The average molecular weight is 403 g/mol. The highest BCUT2D eigenvalue weighted by atomic mass is 35.5. The van der Waals surface area contributed by atoms with E-state index < -0.39 is 5.91 Å². The van der Waals surface area contributed by atoms with Crippen LogP contribution in [0.15, 0.2) is 36.5 Å². The fraction of sp³-hybridized carbons (Fsp3) is 0.316. The first kappa shape index (κ1) is 18.0. The number of para-hydroxylation sites is 1. The van der Waals surface area contributed by atoms with Crippen molar-refractivity contribution in [3.63, 3.8) is 0 Å². The monoisotopic (exact) mass is 402 g/mol. The molecule has 1 amide bonds. The molecule has 0 atom stereocenters. The smallest absolute Gasteiger partial charge is 0.254 e. The van der Waals surface area contributed by atoms with Gasteiger partial charge in [-0.05, 0) is 49.9 Å². The number of benzene rings is 1. The Morgan fingerprint density at radius 2 is 2.04 bits per heavy atom. The third-order valence-electron chi connectivity index (χ3n) is 4.69. The van der Waals surface area contributed by atoms with Gasteiger partial charge in [0.25, 0.3) is 5.91 Å². The fourth-order valence-corrected chi connectivity index (χ4v) is 4.55. The molecule has 8 heteroatoms. The summed E-state index contributed by atoms with van der Waals surface area (Å²) in [7, 11) is 0. The summed E-state index contributed by atoms with van der Waals surface area (Å²) >= 11 is 7.82. The van der Waals surface area contributed by atoms with Gasteiger partial charge in [-0.2, -0.15) is 0 Å².